The van der Waals surface area contributed by atoms with Gasteiger partial charge in [0.2, 0.25) is 0 Å². The van der Waals surface area contributed by atoms with Gasteiger partial charge in [0, 0.05) is 13.4 Å². The van der Waals surface area contributed by atoms with Crippen LogP contribution >= 0.6 is 64.0 Å². The molecule has 1 rings (SSSR count). The van der Waals surface area contributed by atoms with Crippen LogP contribution in [0.3, 0.4) is 0 Å². The first kappa shape index (κ1) is 11.7. The zero-order chi connectivity index (χ0) is 10.0. The predicted molar refractivity (Wildman–Crippen MR) is 63.9 cm³/mol. The van der Waals surface area contributed by atoms with Crippen molar-refractivity contribution in [1.29, 1.82) is 0 Å². The Labute approximate surface area is 109 Å². The molecule has 0 heterocycles. The number of hydrogen-bond acceptors (Lipinski definition) is 2. The molecule has 0 bridgehead atoms. The van der Waals surface area contributed by atoms with Crippen LogP contribution in [0.25, 0.3) is 0 Å². The molecule has 1 aromatic rings. The zero-order valence-electron chi connectivity index (χ0n) is 5.98. The van der Waals surface area contributed by atoms with Crippen LogP contribution in [0.5, 0.6) is 0 Å². The lowest BCUT2D eigenvalue weighted by atomic mass is 10.2. The summed E-state index contributed by atoms with van der Waals surface area (Å²) in [6.07, 6.45) is 0. The molecule has 0 aliphatic rings. The van der Waals surface area contributed by atoms with Gasteiger partial charge in [-0.1, -0.05) is 0 Å². The van der Waals surface area contributed by atoms with E-state index in [1.807, 2.05) is 0 Å². The molecule has 0 aliphatic carbocycles. The summed E-state index contributed by atoms with van der Waals surface area (Å²) >= 11 is 12.5. The minimum atomic E-state index is -0.444. The maximum atomic E-state index is 11.2. The fourth-order valence-corrected chi connectivity index (χ4v) is 2.35. The Hall–Kier alpha value is 0.610. The standard InChI is InChI=1S/C7H2Br4O2/c8-4-2-1-3(7(12)13-11)5(9)6(4)10/h1-2H. The molecule has 2 nitrogen and oxygen atoms in total. The van der Waals surface area contributed by atoms with Crippen LogP contribution < -0.4 is 0 Å². The third-order valence-corrected chi connectivity index (χ3v) is 4.99. The van der Waals surface area contributed by atoms with Crippen LogP contribution in [0.2, 0.25) is 0 Å². The molecule has 70 valence electrons. The van der Waals surface area contributed by atoms with Crippen molar-refractivity contribution in [3.8, 4) is 0 Å². The summed E-state index contributed by atoms with van der Waals surface area (Å²) in [5.41, 5.74) is 0.451. The number of hydrogen-bond donors (Lipinski definition) is 0. The molecule has 0 saturated carbocycles. The van der Waals surface area contributed by atoms with Gasteiger partial charge in [-0.05, 0) is 59.9 Å². The van der Waals surface area contributed by atoms with E-state index in [-0.39, 0.29) is 0 Å². The highest BCUT2D eigenvalue weighted by atomic mass is 79.9. The van der Waals surface area contributed by atoms with Gasteiger partial charge in [-0.15, -0.1) is 0 Å². The minimum absolute atomic E-state index is 0.444. The number of carbonyl (C=O) groups is 1. The van der Waals surface area contributed by atoms with E-state index in [0.717, 1.165) is 8.95 Å². The topological polar surface area (TPSA) is 26.3 Å². The van der Waals surface area contributed by atoms with E-state index in [1.165, 1.54) is 0 Å². The SMILES string of the molecule is O=C(OBr)c1ccc(Br)c(Br)c1Br. The van der Waals surface area contributed by atoms with E-state index in [4.69, 9.17) is 0 Å². The molecular weight excluding hydrogens is 436 g/mol. The number of carbonyl (C=O) groups excluding carboxylic acids is 1. The summed E-state index contributed by atoms with van der Waals surface area (Å²) in [6.45, 7) is 0. The third-order valence-electron chi connectivity index (χ3n) is 1.33. The van der Waals surface area contributed by atoms with E-state index in [0.29, 0.717) is 10.0 Å². The lowest BCUT2D eigenvalue weighted by molar-refractivity contribution is 0.0781. The lowest BCUT2D eigenvalue weighted by Crippen LogP contribution is -1.99. The van der Waals surface area contributed by atoms with Gasteiger partial charge in [-0.2, -0.15) is 0 Å². The van der Waals surface area contributed by atoms with Gasteiger partial charge in [-0.25, -0.2) is 4.79 Å². The maximum Gasteiger partial charge on any atom is 0.350 e. The highest BCUT2D eigenvalue weighted by Gasteiger charge is 2.14. The summed E-state index contributed by atoms with van der Waals surface area (Å²) in [7, 11) is 0. The first-order valence-electron chi connectivity index (χ1n) is 3.04. The van der Waals surface area contributed by atoms with Crippen molar-refractivity contribution in [1.82, 2.24) is 0 Å². The first-order valence-corrected chi connectivity index (χ1v) is 6.07. The van der Waals surface area contributed by atoms with Gasteiger partial charge in [0.1, 0.15) is 0 Å². The number of rotatable bonds is 1. The summed E-state index contributed by atoms with van der Waals surface area (Å²) in [5, 5.41) is 0. The van der Waals surface area contributed by atoms with Gasteiger partial charge in [0.25, 0.3) is 0 Å². The molecule has 0 fully saturated rings. The molecule has 0 saturated heterocycles. The summed E-state index contributed by atoms with van der Waals surface area (Å²) in [4.78, 5) is 11.2. The molecule has 0 spiro atoms. The van der Waals surface area contributed by atoms with E-state index >= 15 is 0 Å². The number of halogens is 4. The second kappa shape index (κ2) is 4.91. The van der Waals surface area contributed by atoms with Gasteiger partial charge < -0.3 is 3.83 Å². The van der Waals surface area contributed by atoms with Crippen LogP contribution in [0.4, 0.5) is 0 Å². The molecule has 13 heavy (non-hydrogen) atoms. The highest BCUT2D eigenvalue weighted by Crippen LogP contribution is 2.33. The van der Waals surface area contributed by atoms with Crippen molar-refractivity contribution in [2.24, 2.45) is 0 Å². The van der Waals surface area contributed by atoms with E-state index in [2.05, 4.69) is 67.9 Å². The molecular formula is C7H2Br4O2. The monoisotopic (exact) mass is 434 g/mol. The average molecular weight is 438 g/mol. The number of benzene rings is 1. The molecule has 6 heteroatoms. The molecule has 0 amide bonds. The van der Waals surface area contributed by atoms with E-state index in [9.17, 15) is 4.79 Å². The van der Waals surface area contributed by atoms with Gasteiger partial charge in [-0.3, -0.25) is 0 Å². The van der Waals surface area contributed by atoms with Crippen LogP contribution in [0.1, 0.15) is 10.4 Å². The quantitative estimate of drug-likeness (QED) is 0.607. The van der Waals surface area contributed by atoms with Crippen molar-refractivity contribution in [3.05, 3.63) is 31.1 Å². The van der Waals surface area contributed by atoms with Crippen LogP contribution in [0, 0.1) is 0 Å². The Morgan fingerprint density at radius 1 is 1.15 bits per heavy atom. The largest absolute Gasteiger partial charge is 0.380 e. The Kier molecular flexibility index (Phi) is 4.41. The van der Waals surface area contributed by atoms with Crippen LogP contribution in [-0.2, 0) is 3.83 Å². The second-order valence-corrected chi connectivity index (χ2v) is 4.85. The third kappa shape index (κ3) is 2.55. The zero-order valence-corrected chi connectivity index (χ0v) is 12.3. The normalized spacial score (nSPS) is 9.85. The lowest BCUT2D eigenvalue weighted by Gasteiger charge is -2.04. The molecule has 0 radical (unpaired) electrons. The van der Waals surface area contributed by atoms with E-state index < -0.39 is 5.97 Å². The Morgan fingerprint density at radius 3 is 2.31 bits per heavy atom. The molecule has 0 atom stereocenters. The maximum absolute atomic E-state index is 11.2. The van der Waals surface area contributed by atoms with Gasteiger partial charge >= 0.3 is 5.97 Å². The van der Waals surface area contributed by atoms with Crippen molar-refractivity contribution in [2.45, 2.75) is 0 Å². The molecule has 0 aliphatic heterocycles. The Bertz CT molecular complexity index is 351. The van der Waals surface area contributed by atoms with Crippen molar-refractivity contribution < 1.29 is 8.62 Å². The average Bonchev–Trinajstić information content (AvgIpc) is 2.13. The van der Waals surface area contributed by atoms with Gasteiger partial charge in [0.05, 0.1) is 5.56 Å². The Balaban J connectivity index is 3.26. The van der Waals surface area contributed by atoms with Crippen LogP contribution in [-0.4, -0.2) is 5.97 Å². The van der Waals surface area contributed by atoms with Crippen molar-refractivity contribution in [2.75, 3.05) is 0 Å². The van der Waals surface area contributed by atoms with E-state index in [1.54, 1.807) is 12.1 Å². The van der Waals surface area contributed by atoms with Gasteiger partial charge in [0.15, 0.2) is 16.3 Å². The van der Waals surface area contributed by atoms with Crippen molar-refractivity contribution >= 4 is 70.0 Å². The molecule has 1 aromatic carbocycles. The molecule has 0 aromatic heterocycles. The fraction of sp³-hybridized carbons (Fsp3) is 0. The fourth-order valence-electron chi connectivity index (χ4n) is 0.725. The Morgan fingerprint density at radius 2 is 1.77 bits per heavy atom. The molecule has 0 unspecified atom stereocenters. The highest BCUT2D eigenvalue weighted by molar-refractivity contribution is 9.14. The molecule has 0 N–H and O–H groups in total. The summed E-state index contributed by atoms with van der Waals surface area (Å²) in [5.74, 6) is -0.444. The summed E-state index contributed by atoms with van der Waals surface area (Å²) in [6, 6.07) is 3.41. The minimum Gasteiger partial charge on any atom is -0.380 e. The first-order chi connectivity index (χ1) is 6.07. The predicted octanol–water partition coefficient (Wildman–Crippen LogP) is 4.44. The summed E-state index contributed by atoms with van der Waals surface area (Å²) < 4.78 is 6.72. The smallest absolute Gasteiger partial charge is 0.350 e. The van der Waals surface area contributed by atoms with Crippen molar-refractivity contribution in [3.63, 3.8) is 0 Å². The second-order valence-electron chi connectivity index (χ2n) is 2.09. The van der Waals surface area contributed by atoms with Crippen LogP contribution in [0.15, 0.2) is 25.6 Å².